The van der Waals surface area contributed by atoms with Gasteiger partial charge in [-0.2, -0.15) is 0 Å². The molecule has 1 fully saturated rings. The molecule has 0 spiro atoms. The highest BCUT2D eigenvalue weighted by molar-refractivity contribution is 6.23. The third kappa shape index (κ3) is 2.99. The molecule has 3 aliphatic carbocycles. The van der Waals surface area contributed by atoms with E-state index in [2.05, 4.69) is 0 Å². The second-order valence-corrected chi connectivity index (χ2v) is 8.86. The van der Waals surface area contributed by atoms with Crippen molar-refractivity contribution in [1.82, 2.24) is 0 Å². The van der Waals surface area contributed by atoms with Crippen molar-refractivity contribution in [1.29, 1.82) is 0 Å². The number of phenols is 1. The molecule has 0 bridgehead atoms. The van der Waals surface area contributed by atoms with Gasteiger partial charge >= 0.3 is 0 Å². The minimum atomic E-state index is -2.88. The number of rotatable bonds is 2. The second kappa shape index (κ2) is 7.66. The second-order valence-electron chi connectivity index (χ2n) is 8.86. The number of aromatic hydroxyl groups is 1. The van der Waals surface area contributed by atoms with Crippen LogP contribution in [-0.4, -0.2) is 54.7 Å². The van der Waals surface area contributed by atoms with Crippen LogP contribution in [-0.2, 0) is 14.4 Å². The topological polar surface area (TPSA) is 178 Å². The zero-order valence-corrected chi connectivity index (χ0v) is 18.2. The van der Waals surface area contributed by atoms with Crippen molar-refractivity contribution < 1.29 is 39.9 Å². The van der Waals surface area contributed by atoms with Crippen LogP contribution in [0.2, 0.25) is 0 Å². The Balaban J connectivity index is 1.82. The third-order valence-corrected chi connectivity index (χ3v) is 7.02. The van der Waals surface area contributed by atoms with Crippen molar-refractivity contribution in [3.63, 3.8) is 0 Å². The van der Waals surface area contributed by atoms with E-state index in [1.54, 1.807) is 42.5 Å². The molecule has 7 N–H and O–H groups in total. The van der Waals surface area contributed by atoms with Gasteiger partial charge in [-0.25, -0.2) is 0 Å². The quantitative estimate of drug-likeness (QED) is 0.353. The standard InChI is InChI=1S/C26H21NO8/c27-25(34)19-16(29)10-14-21(30)18-13(9-11-5-2-1-3-6-11)12-7-4-8-15(28)17(12)22(31)20(18)24(33)26(14,35)23(19)32/h1-9,14,18,21,28,30-32,35H,10H2,(H2,27,34)/b13-9+/t14?,18?,21-,26-/m1/s1. The summed E-state index contributed by atoms with van der Waals surface area (Å²) in [5.74, 6) is -8.48. The number of hydrogen-bond donors (Lipinski definition) is 6. The first-order valence-corrected chi connectivity index (χ1v) is 10.8. The van der Waals surface area contributed by atoms with Gasteiger partial charge in [0.2, 0.25) is 5.78 Å². The van der Waals surface area contributed by atoms with E-state index in [0.29, 0.717) is 16.7 Å². The number of fused-ring (bicyclic) bond motifs is 3. The van der Waals surface area contributed by atoms with Crippen LogP contribution in [0.1, 0.15) is 23.1 Å². The summed E-state index contributed by atoms with van der Waals surface area (Å²) < 4.78 is 0. The lowest BCUT2D eigenvalue weighted by atomic mass is 9.56. The molecule has 9 heteroatoms. The zero-order valence-electron chi connectivity index (χ0n) is 18.2. The summed E-state index contributed by atoms with van der Waals surface area (Å²) in [7, 11) is 0. The normalized spacial score (nSPS) is 29.1. The van der Waals surface area contributed by atoms with Gasteiger partial charge in [0.25, 0.3) is 5.91 Å². The monoisotopic (exact) mass is 475 g/mol. The summed E-state index contributed by atoms with van der Waals surface area (Å²) >= 11 is 0. The molecule has 0 aromatic heterocycles. The van der Waals surface area contributed by atoms with Crippen LogP contribution in [0.15, 0.2) is 65.4 Å². The van der Waals surface area contributed by atoms with E-state index in [1.165, 1.54) is 12.1 Å². The van der Waals surface area contributed by atoms with Crippen LogP contribution in [0.5, 0.6) is 5.75 Å². The molecule has 3 aliphatic rings. The largest absolute Gasteiger partial charge is 0.508 e. The number of carbonyl (C=O) groups is 3. The Morgan fingerprint density at radius 1 is 1.03 bits per heavy atom. The van der Waals surface area contributed by atoms with E-state index in [-0.39, 0.29) is 11.3 Å². The molecule has 2 unspecified atom stereocenters. The summed E-state index contributed by atoms with van der Waals surface area (Å²) in [5, 5.41) is 55.2. The number of phenolic OH excluding ortho intramolecular Hbond substituents is 1. The molecule has 0 radical (unpaired) electrons. The maximum Gasteiger partial charge on any atom is 0.255 e. The fraction of sp³-hybridized carbons (Fsp3) is 0.192. The predicted molar refractivity (Wildman–Crippen MR) is 123 cm³/mol. The number of aliphatic hydroxyl groups is 4. The summed E-state index contributed by atoms with van der Waals surface area (Å²) in [4.78, 5) is 38.1. The van der Waals surface area contributed by atoms with Crippen LogP contribution < -0.4 is 5.73 Å². The van der Waals surface area contributed by atoms with Crippen LogP contribution in [0.4, 0.5) is 0 Å². The number of nitrogens with two attached hydrogens (primary N) is 1. The highest BCUT2D eigenvalue weighted by atomic mass is 16.4. The van der Waals surface area contributed by atoms with Crippen molar-refractivity contribution in [2.24, 2.45) is 17.6 Å². The average molecular weight is 475 g/mol. The van der Waals surface area contributed by atoms with Gasteiger partial charge in [-0.1, -0.05) is 48.5 Å². The summed E-state index contributed by atoms with van der Waals surface area (Å²) in [5.41, 5.74) is 2.23. The van der Waals surface area contributed by atoms with E-state index < -0.39 is 70.1 Å². The molecule has 178 valence electrons. The number of ketones is 2. The average Bonchev–Trinajstić information content (AvgIpc) is 2.81. The lowest BCUT2D eigenvalue weighted by molar-refractivity contribution is -0.157. The van der Waals surface area contributed by atoms with Gasteiger partial charge in [-0.15, -0.1) is 0 Å². The van der Waals surface area contributed by atoms with Gasteiger partial charge in [0.05, 0.1) is 17.2 Å². The molecule has 5 rings (SSSR count). The minimum absolute atomic E-state index is 0.0889. The summed E-state index contributed by atoms with van der Waals surface area (Å²) in [6.07, 6.45) is -0.603. The van der Waals surface area contributed by atoms with Crippen molar-refractivity contribution in [3.8, 4) is 5.75 Å². The molecular formula is C26H21NO8. The number of primary amides is 1. The molecule has 0 heterocycles. The highest BCUT2D eigenvalue weighted by Gasteiger charge is 2.64. The molecule has 35 heavy (non-hydrogen) atoms. The van der Waals surface area contributed by atoms with Crippen LogP contribution >= 0.6 is 0 Å². The van der Waals surface area contributed by atoms with Crippen molar-refractivity contribution in [2.75, 3.05) is 0 Å². The van der Waals surface area contributed by atoms with Crippen molar-refractivity contribution in [3.05, 3.63) is 82.1 Å². The maximum absolute atomic E-state index is 13.7. The number of Topliss-reactive ketones (excluding diaryl/α,β-unsaturated/α-hetero) is 2. The van der Waals surface area contributed by atoms with Gasteiger partial charge in [-0.05, 0) is 22.8 Å². The number of amides is 1. The first-order valence-electron chi connectivity index (χ1n) is 10.8. The number of aliphatic hydroxyl groups excluding tert-OH is 3. The van der Waals surface area contributed by atoms with E-state index in [9.17, 15) is 39.9 Å². The Labute approximate surface area is 198 Å². The van der Waals surface area contributed by atoms with E-state index >= 15 is 0 Å². The van der Waals surface area contributed by atoms with Gasteiger partial charge in [0.15, 0.2) is 11.4 Å². The molecule has 2 aromatic carbocycles. The Hall–Kier alpha value is -4.21. The van der Waals surface area contributed by atoms with Crippen LogP contribution in [0.3, 0.4) is 0 Å². The molecule has 4 atom stereocenters. The Bertz CT molecular complexity index is 1400. The van der Waals surface area contributed by atoms with Crippen molar-refractivity contribution in [2.45, 2.75) is 18.1 Å². The fourth-order valence-electron chi connectivity index (χ4n) is 5.42. The Kier molecular flexibility index (Phi) is 4.94. The number of hydrogen-bond acceptors (Lipinski definition) is 8. The first-order chi connectivity index (χ1) is 16.6. The molecule has 1 amide bonds. The molecular weight excluding hydrogens is 454 g/mol. The predicted octanol–water partition coefficient (Wildman–Crippen LogP) is 1.39. The van der Waals surface area contributed by atoms with E-state index in [0.717, 1.165) is 0 Å². The van der Waals surface area contributed by atoms with Gasteiger partial charge in [0, 0.05) is 18.3 Å². The fourth-order valence-corrected chi connectivity index (χ4v) is 5.42. The summed E-state index contributed by atoms with van der Waals surface area (Å²) in [6, 6.07) is 13.4. The Morgan fingerprint density at radius 3 is 2.37 bits per heavy atom. The van der Waals surface area contributed by atoms with Crippen LogP contribution in [0, 0.1) is 11.8 Å². The summed E-state index contributed by atoms with van der Waals surface area (Å²) in [6.45, 7) is 0. The molecule has 1 saturated carbocycles. The lowest BCUT2D eigenvalue weighted by Crippen LogP contribution is -2.63. The lowest BCUT2D eigenvalue weighted by Gasteiger charge is -2.49. The van der Waals surface area contributed by atoms with Gasteiger partial charge in [-0.3, -0.25) is 14.4 Å². The third-order valence-electron chi connectivity index (χ3n) is 7.02. The molecule has 0 saturated heterocycles. The van der Waals surface area contributed by atoms with Crippen molar-refractivity contribution >= 4 is 34.9 Å². The number of carbonyl (C=O) groups excluding carboxylic acids is 3. The van der Waals surface area contributed by atoms with Crippen LogP contribution in [0.25, 0.3) is 17.4 Å². The Morgan fingerprint density at radius 2 is 1.71 bits per heavy atom. The first kappa shape index (κ1) is 22.6. The highest BCUT2D eigenvalue weighted by Crippen LogP contribution is 2.55. The van der Waals surface area contributed by atoms with E-state index in [4.69, 9.17) is 5.73 Å². The maximum atomic E-state index is 13.7. The van der Waals surface area contributed by atoms with E-state index in [1.807, 2.05) is 0 Å². The molecule has 9 nitrogen and oxygen atoms in total. The minimum Gasteiger partial charge on any atom is -0.508 e. The zero-order chi connectivity index (χ0) is 25.2. The molecule has 0 aliphatic heterocycles. The molecule has 2 aromatic rings. The SMILES string of the molecule is NC(=O)C1=C(O)[C@@]2(O)C(=O)C3=C(O)c4c(O)cccc4/C(=C\c4ccccc4)C3[C@H](O)C2CC1=O. The number of benzene rings is 2. The van der Waals surface area contributed by atoms with Gasteiger partial charge < -0.3 is 31.3 Å². The smallest absolute Gasteiger partial charge is 0.255 e. The van der Waals surface area contributed by atoms with Gasteiger partial charge in [0.1, 0.15) is 22.8 Å².